The smallest absolute Gasteiger partial charge is 0.145 e. The second kappa shape index (κ2) is 4.60. The molecule has 0 atom stereocenters. The van der Waals surface area contributed by atoms with Crippen molar-refractivity contribution in [2.45, 2.75) is 31.3 Å². The van der Waals surface area contributed by atoms with Crippen LogP contribution in [0.2, 0.25) is 0 Å². The number of hydrogen-bond acceptors (Lipinski definition) is 4. The van der Waals surface area contributed by atoms with Crippen molar-refractivity contribution in [3.8, 4) is 11.5 Å². The minimum Gasteiger partial charge on any atom is -0.494 e. The molecule has 104 valence electrons. The Labute approximate surface area is 114 Å². The van der Waals surface area contributed by atoms with Gasteiger partial charge >= 0.3 is 0 Å². The van der Waals surface area contributed by atoms with Gasteiger partial charge < -0.3 is 20.1 Å². The van der Waals surface area contributed by atoms with E-state index in [0.717, 1.165) is 44.5 Å². The highest BCUT2D eigenvalue weighted by Gasteiger charge is 2.39. The molecule has 19 heavy (non-hydrogen) atoms. The van der Waals surface area contributed by atoms with Crippen LogP contribution in [0.15, 0.2) is 12.1 Å². The van der Waals surface area contributed by atoms with E-state index in [-0.39, 0.29) is 5.60 Å². The van der Waals surface area contributed by atoms with Crippen LogP contribution >= 0.6 is 0 Å². The molecule has 4 heteroatoms. The largest absolute Gasteiger partial charge is 0.494 e. The average molecular weight is 262 g/mol. The normalized spacial score (nSPS) is 21.8. The first-order chi connectivity index (χ1) is 9.12. The van der Waals surface area contributed by atoms with Crippen LogP contribution in [-0.2, 0) is 6.42 Å². The number of nitrogen functional groups attached to an aromatic ring is 1. The summed E-state index contributed by atoms with van der Waals surface area (Å²) in [4.78, 5) is 2.37. The van der Waals surface area contributed by atoms with Gasteiger partial charge in [0.15, 0.2) is 0 Å². The highest BCUT2D eigenvalue weighted by Crippen LogP contribution is 2.42. The maximum Gasteiger partial charge on any atom is 0.145 e. The molecule has 0 aromatic heterocycles. The lowest BCUT2D eigenvalue weighted by Crippen LogP contribution is -2.48. The highest BCUT2D eigenvalue weighted by molar-refractivity contribution is 5.59. The number of anilines is 1. The zero-order valence-electron chi connectivity index (χ0n) is 11.7. The van der Waals surface area contributed by atoms with Crippen molar-refractivity contribution in [2.75, 3.05) is 33.0 Å². The third-order valence-corrected chi connectivity index (χ3v) is 4.49. The van der Waals surface area contributed by atoms with Gasteiger partial charge in [-0.2, -0.15) is 0 Å². The van der Waals surface area contributed by atoms with E-state index in [1.807, 2.05) is 12.1 Å². The number of likely N-dealkylation sites (tertiary alicyclic amines) is 1. The summed E-state index contributed by atoms with van der Waals surface area (Å²) in [6.07, 6.45) is 4.36. The molecule has 1 spiro atoms. The van der Waals surface area contributed by atoms with Gasteiger partial charge in [-0.05, 0) is 44.4 Å². The minimum absolute atomic E-state index is 0.0284. The molecule has 1 aromatic rings. The second-order valence-electron chi connectivity index (χ2n) is 5.79. The fraction of sp³-hybridized carbons (Fsp3) is 0.600. The van der Waals surface area contributed by atoms with E-state index in [1.165, 1.54) is 5.56 Å². The van der Waals surface area contributed by atoms with Gasteiger partial charge in [-0.15, -0.1) is 0 Å². The molecule has 4 nitrogen and oxygen atoms in total. The van der Waals surface area contributed by atoms with Crippen molar-refractivity contribution in [3.05, 3.63) is 17.7 Å². The summed E-state index contributed by atoms with van der Waals surface area (Å²) in [5.74, 6) is 1.67. The van der Waals surface area contributed by atoms with E-state index in [2.05, 4.69) is 11.9 Å². The predicted octanol–water partition coefficient (Wildman–Crippen LogP) is 2.07. The van der Waals surface area contributed by atoms with Crippen LogP contribution in [-0.4, -0.2) is 37.7 Å². The number of aryl methyl sites for hydroxylation is 1. The number of hydrogen-bond donors (Lipinski definition) is 1. The number of fused-ring (bicyclic) bond motifs is 1. The van der Waals surface area contributed by atoms with Crippen molar-refractivity contribution in [3.63, 3.8) is 0 Å². The maximum absolute atomic E-state index is 6.34. The van der Waals surface area contributed by atoms with E-state index in [4.69, 9.17) is 15.2 Å². The van der Waals surface area contributed by atoms with Crippen molar-refractivity contribution in [1.29, 1.82) is 0 Å². The highest BCUT2D eigenvalue weighted by atomic mass is 16.5. The molecule has 2 N–H and O–H groups in total. The van der Waals surface area contributed by atoms with Crippen molar-refractivity contribution in [1.82, 2.24) is 4.90 Å². The first-order valence-electron chi connectivity index (χ1n) is 6.96. The minimum atomic E-state index is 0.0284. The Balaban J connectivity index is 1.87. The molecule has 0 radical (unpaired) electrons. The van der Waals surface area contributed by atoms with Crippen LogP contribution < -0.4 is 15.2 Å². The fourth-order valence-corrected chi connectivity index (χ4v) is 3.12. The Morgan fingerprint density at radius 2 is 2.00 bits per heavy atom. The number of rotatable bonds is 1. The molecule has 0 unspecified atom stereocenters. The fourth-order valence-electron chi connectivity index (χ4n) is 3.12. The molecular weight excluding hydrogens is 240 g/mol. The maximum atomic E-state index is 6.34. The van der Waals surface area contributed by atoms with Crippen LogP contribution in [0.3, 0.4) is 0 Å². The van der Waals surface area contributed by atoms with Crippen LogP contribution in [0.4, 0.5) is 5.69 Å². The van der Waals surface area contributed by atoms with Crippen LogP contribution in [0.5, 0.6) is 11.5 Å². The SMILES string of the molecule is COc1cc2c(cc1N)CCC1(CCN(C)CC1)O2. The molecule has 0 saturated carbocycles. The molecule has 1 fully saturated rings. The number of methoxy groups -OCH3 is 1. The third-order valence-electron chi connectivity index (χ3n) is 4.49. The monoisotopic (exact) mass is 262 g/mol. The first kappa shape index (κ1) is 12.6. The average Bonchev–Trinajstić information content (AvgIpc) is 2.42. The topological polar surface area (TPSA) is 47.7 Å². The number of piperidine rings is 1. The summed E-state index contributed by atoms with van der Waals surface area (Å²) in [7, 11) is 3.82. The summed E-state index contributed by atoms with van der Waals surface area (Å²) in [5, 5.41) is 0. The van der Waals surface area contributed by atoms with Gasteiger partial charge in [0.1, 0.15) is 17.1 Å². The van der Waals surface area contributed by atoms with Gasteiger partial charge in [-0.25, -0.2) is 0 Å². The second-order valence-corrected chi connectivity index (χ2v) is 5.79. The van der Waals surface area contributed by atoms with E-state index in [0.29, 0.717) is 11.4 Å². The summed E-state index contributed by atoms with van der Waals surface area (Å²) in [5.41, 5.74) is 7.89. The zero-order valence-corrected chi connectivity index (χ0v) is 11.7. The number of nitrogens with two attached hydrogens (primary N) is 1. The van der Waals surface area contributed by atoms with Crippen LogP contribution in [0.1, 0.15) is 24.8 Å². The lowest BCUT2D eigenvalue weighted by atomic mass is 9.83. The van der Waals surface area contributed by atoms with Gasteiger partial charge in [-0.1, -0.05) is 0 Å². The summed E-state index contributed by atoms with van der Waals surface area (Å²) in [6.45, 7) is 2.23. The number of benzene rings is 1. The number of ether oxygens (including phenoxy) is 2. The Bertz CT molecular complexity index is 479. The molecule has 2 heterocycles. The van der Waals surface area contributed by atoms with E-state index in [9.17, 15) is 0 Å². The van der Waals surface area contributed by atoms with Crippen molar-refractivity contribution in [2.24, 2.45) is 0 Å². The Morgan fingerprint density at radius 1 is 1.26 bits per heavy atom. The van der Waals surface area contributed by atoms with Crippen LogP contribution in [0.25, 0.3) is 0 Å². The molecule has 2 aliphatic rings. The van der Waals surface area contributed by atoms with E-state index in [1.54, 1.807) is 7.11 Å². The van der Waals surface area contributed by atoms with Gasteiger partial charge in [0, 0.05) is 19.2 Å². The summed E-state index contributed by atoms with van der Waals surface area (Å²) >= 11 is 0. The van der Waals surface area contributed by atoms with Gasteiger partial charge in [-0.3, -0.25) is 0 Å². The van der Waals surface area contributed by atoms with E-state index < -0.39 is 0 Å². The van der Waals surface area contributed by atoms with Gasteiger partial charge in [0.25, 0.3) is 0 Å². The Kier molecular flexibility index (Phi) is 3.05. The molecule has 3 rings (SSSR count). The lowest BCUT2D eigenvalue weighted by molar-refractivity contribution is -0.00887. The van der Waals surface area contributed by atoms with Crippen molar-refractivity contribution >= 4 is 5.69 Å². The summed E-state index contributed by atoms with van der Waals surface area (Å²) in [6, 6.07) is 3.94. The lowest BCUT2D eigenvalue weighted by Gasteiger charge is -2.44. The zero-order chi connectivity index (χ0) is 13.5. The number of nitrogens with zero attached hydrogens (tertiary/aromatic N) is 1. The first-order valence-corrected chi connectivity index (χ1v) is 6.96. The molecular formula is C15H22N2O2. The summed E-state index contributed by atoms with van der Waals surface area (Å²) < 4.78 is 11.6. The van der Waals surface area contributed by atoms with E-state index >= 15 is 0 Å². The molecule has 1 saturated heterocycles. The Morgan fingerprint density at radius 3 is 2.68 bits per heavy atom. The molecule has 0 aliphatic carbocycles. The Hall–Kier alpha value is -1.42. The molecule has 0 bridgehead atoms. The molecule has 2 aliphatic heterocycles. The van der Waals surface area contributed by atoms with Crippen molar-refractivity contribution < 1.29 is 9.47 Å². The molecule has 0 amide bonds. The van der Waals surface area contributed by atoms with Gasteiger partial charge in [0.05, 0.1) is 12.8 Å². The molecule has 1 aromatic carbocycles. The third kappa shape index (κ3) is 2.25. The quantitative estimate of drug-likeness (QED) is 0.787. The van der Waals surface area contributed by atoms with Gasteiger partial charge in [0.2, 0.25) is 0 Å². The predicted molar refractivity (Wildman–Crippen MR) is 75.8 cm³/mol. The standard InChI is InChI=1S/C15H22N2O2/c1-17-7-5-15(6-8-17)4-3-11-9-12(16)14(18-2)10-13(11)19-15/h9-10H,3-8,16H2,1-2H3. The van der Waals surface area contributed by atoms with Crippen LogP contribution in [0, 0.1) is 0 Å².